The van der Waals surface area contributed by atoms with Crippen LogP contribution in [0.1, 0.15) is 65.0 Å². The largest absolute Gasteiger partial charge is 0.496 e. The Kier molecular flexibility index (Phi) is 9.68. The van der Waals surface area contributed by atoms with Crippen molar-refractivity contribution >= 4 is 11.7 Å². The van der Waals surface area contributed by atoms with Crippen molar-refractivity contribution in [1.29, 1.82) is 0 Å². The van der Waals surface area contributed by atoms with Crippen LogP contribution in [0.3, 0.4) is 0 Å². The van der Waals surface area contributed by atoms with Crippen LogP contribution in [0.4, 0.5) is 10.5 Å². The van der Waals surface area contributed by atoms with Gasteiger partial charge in [-0.25, -0.2) is 9.78 Å². The fraction of sp³-hybridized carbons (Fsp3) is 0.414. The van der Waals surface area contributed by atoms with Crippen molar-refractivity contribution in [3.8, 4) is 22.8 Å². The van der Waals surface area contributed by atoms with E-state index in [9.17, 15) is 4.79 Å². The van der Waals surface area contributed by atoms with E-state index in [1.54, 1.807) is 25.7 Å². The molecule has 0 aliphatic heterocycles. The number of unbranched alkanes of at least 4 members (excludes halogenated alkanes) is 3. The van der Waals surface area contributed by atoms with Crippen molar-refractivity contribution in [1.82, 2.24) is 15.3 Å². The van der Waals surface area contributed by atoms with Gasteiger partial charge in [0.1, 0.15) is 5.75 Å². The first kappa shape index (κ1) is 27.0. The summed E-state index contributed by atoms with van der Waals surface area (Å²) >= 11 is 0. The van der Waals surface area contributed by atoms with E-state index < -0.39 is 0 Å². The maximum absolute atomic E-state index is 13.2. The van der Waals surface area contributed by atoms with Gasteiger partial charge in [0.25, 0.3) is 0 Å². The van der Waals surface area contributed by atoms with Gasteiger partial charge in [0, 0.05) is 29.6 Å². The molecule has 2 amide bonds. The van der Waals surface area contributed by atoms with Crippen LogP contribution in [-0.4, -0.2) is 29.7 Å². The second-order valence-electron chi connectivity index (χ2n) is 9.86. The molecule has 0 spiro atoms. The first-order valence-electron chi connectivity index (χ1n) is 12.6. The zero-order chi connectivity index (χ0) is 26.0. The third-order valence-corrected chi connectivity index (χ3v) is 5.93. The number of benzene rings is 1. The van der Waals surface area contributed by atoms with Gasteiger partial charge < -0.3 is 20.1 Å². The first-order valence-corrected chi connectivity index (χ1v) is 12.6. The summed E-state index contributed by atoms with van der Waals surface area (Å²) in [7, 11) is 1.63. The number of rotatable bonds is 11. The number of pyridine rings is 2. The van der Waals surface area contributed by atoms with Gasteiger partial charge in [0.15, 0.2) is 0 Å². The molecule has 7 heteroatoms. The van der Waals surface area contributed by atoms with Crippen LogP contribution in [0.15, 0.2) is 61.1 Å². The Morgan fingerprint density at radius 1 is 1.03 bits per heavy atom. The Morgan fingerprint density at radius 3 is 2.53 bits per heavy atom. The zero-order valence-corrected chi connectivity index (χ0v) is 22.0. The molecule has 1 atom stereocenters. The molecule has 0 saturated carbocycles. The highest BCUT2D eigenvalue weighted by Gasteiger charge is 2.28. The minimum atomic E-state index is -0.329. The van der Waals surface area contributed by atoms with Crippen molar-refractivity contribution in [3.05, 3.63) is 66.6 Å². The minimum absolute atomic E-state index is 0.223. The van der Waals surface area contributed by atoms with Crippen molar-refractivity contribution in [2.24, 2.45) is 5.41 Å². The molecule has 0 aliphatic carbocycles. The molecule has 0 fully saturated rings. The van der Waals surface area contributed by atoms with Gasteiger partial charge in [-0.1, -0.05) is 71.2 Å². The van der Waals surface area contributed by atoms with Gasteiger partial charge >= 0.3 is 6.03 Å². The molecule has 0 saturated heterocycles. The fourth-order valence-electron chi connectivity index (χ4n) is 4.05. The lowest BCUT2D eigenvalue weighted by Crippen LogP contribution is -2.39. The van der Waals surface area contributed by atoms with E-state index in [2.05, 4.69) is 48.3 Å². The number of anilines is 1. The smallest absolute Gasteiger partial charge is 0.319 e. The van der Waals surface area contributed by atoms with Crippen molar-refractivity contribution in [2.45, 2.75) is 59.4 Å². The minimum Gasteiger partial charge on any atom is -0.496 e. The Balaban J connectivity index is 1.86. The summed E-state index contributed by atoms with van der Waals surface area (Å²) in [4.78, 5) is 21.9. The highest BCUT2D eigenvalue weighted by atomic mass is 16.5. The maximum Gasteiger partial charge on any atom is 0.319 e. The molecule has 2 heterocycles. The van der Waals surface area contributed by atoms with E-state index in [-0.39, 0.29) is 17.5 Å². The summed E-state index contributed by atoms with van der Waals surface area (Å²) in [6.45, 7) is 9.03. The van der Waals surface area contributed by atoms with Gasteiger partial charge in [0.05, 0.1) is 31.6 Å². The number of nitrogens with zero attached hydrogens (tertiary/aromatic N) is 2. The number of hydrogen-bond acceptors (Lipinski definition) is 5. The van der Waals surface area contributed by atoms with Crippen molar-refractivity contribution in [2.75, 3.05) is 19.0 Å². The predicted octanol–water partition coefficient (Wildman–Crippen LogP) is 7.02. The zero-order valence-electron chi connectivity index (χ0n) is 22.0. The number of nitrogens with one attached hydrogen (secondary N) is 2. The quantitative estimate of drug-likeness (QED) is 0.282. The third-order valence-electron chi connectivity index (χ3n) is 5.93. The second-order valence-corrected chi connectivity index (χ2v) is 9.86. The molecular formula is C29H38N4O3. The average Bonchev–Trinajstić information content (AvgIpc) is 2.87. The molecule has 2 aromatic heterocycles. The summed E-state index contributed by atoms with van der Waals surface area (Å²) in [6, 6.07) is 12.8. The Labute approximate surface area is 214 Å². The number of para-hydroxylation sites is 1. The number of ether oxygens (including phenoxy) is 2. The van der Waals surface area contributed by atoms with Gasteiger partial charge in [-0.3, -0.25) is 4.98 Å². The van der Waals surface area contributed by atoms with Crippen molar-refractivity contribution < 1.29 is 14.3 Å². The van der Waals surface area contributed by atoms with E-state index in [0.717, 1.165) is 29.5 Å². The van der Waals surface area contributed by atoms with Crippen LogP contribution >= 0.6 is 0 Å². The lowest BCUT2D eigenvalue weighted by atomic mass is 9.83. The lowest BCUT2D eigenvalue weighted by molar-refractivity contribution is 0.229. The molecule has 7 nitrogen and oxygen atoms in total. The van der Waals surface area contributed by atoms with E-state index >= 15 is 0 Å². The number of amides is 2. The average molecular weight is 491 g/mol. The predicted molar refractivity (Wildman–Crippen MR) is 144 cm³/mol. The van der Waals surface area contributed by atoms with E-state index in [4.69, 9.17) is 9.47 Å². The normalized spacial score (nSPS) is 12.0. The molecule has 2 N–H and O–H groups in total. The Morgan fingerprint density at radius 2 is 1.83 bits per heavy atom. The van der Waals surface area contributed by atoms with Crippen LogP contribution in [0.5, 0.6) is 11.6 Å². The van der Waals surface area contributed by atoms with E-state index in [1.807, 2.05) is 42.5 Å². The second kappa shape index (κ2) is 12.9. The van der Waals surface area contributed by atoms with E-state index in [1.165, 1.54) is 12.8 Å². The fourth-order valence-corrected chi connectivity index (χ4v) is 4.05. The topological polar surface area (TPSA) is 85.4 Å². The summed E-state index contributed by atoms with van der Waals surface area (Å²) in [6.07, 6.45) is 9.61. The SMILES string of the molecule is CCCCCCOc1cc(-c2ccccc2OC)c(NC(=O)NC(c2cccnc2)C(C)(C)C)cn1. The molecule has 1 unspecified atom stereocenters. The van der Waals surface area contributed by atoms with Crippen LogP contribution in [0.2, 0.25) is 0 Å². The van der Waals surface area contributed by atoms with Gasteiger partial charge in [0.2, 0.25) is 5.88 Å². The van der Waals surface area contributed by atoms with Crippen LogP contribution in [0, 0.1) is 5.41 Å². The molecule has 0 aliphatic rings. The molecule has 36 heavy (non-hydrogen) atoms. The van der Waals surface area contributed by atoms with Crippen molar-refractivity contribution in [3.63, 3.8) is 0 Å². The summed E-state index contributed by atoms with van der Waals surface area (Å²) in [5, 5.41) is 6.12. The highest BCUT2D eigenvalue weighted by molar-refractivity contribution is 5.95. The standard InChI is InChI=1S/C29H38N4O3/c1-6-7-8-11-17-36-26-18-23(22-14-9-10-15-25(22)35-5)24(20-31-26)32-28(34)33-27(29(2,3)4)21-13-12-16-30-19-21/h9-10,12-16,18-20,27H,6-8,11,17H2,1-5H3,(H2,32,33,34). The summed E-state index contributed by atoms with van der Waals surface area (Å²) < 4.78 is 11.5. The molecular weight excluding hydrogens is 452 g/mol. The Bertz CT molecular complexity index is 1110. The number of urea groups is 1. The van der Waals surface area contributed by atoms with Crippen LogP contribution in [0.25, 0.3) is 11.1 Å². The van der Waals surface area contributed by atoms with Crippen LogP contribution < -0.4 is 20.1 Å². The maximum atomic E-state index is 13.2. The summed E-state index contributed by atoms with van der Waals surface area (Å²) in [5.41, 5.74) is 2.90. The summed E-state index contributed by atoms with van der Waals surface area (Å²) in [5.74, 6) is 1.21. The number of carbonyl (C=O) groups is 1. The molecule has 1 aromatic carbocycles. The van der Waals surface area contributed by atoms with Gasteiger partial charge in [-0.15, -0.1) is 0 Å². The third kappa shape index (κ3) is 7.44. The number of methoxy groups -OCH3 is 1. The highest BCUT2D eigenvalue weighted by Crippen LogP contribution is 2.37. The Hall–Kier alpha value is -3.61. The van der Waals surface area contributed by atoms with Gasteiger partial charge in [-0.05, 0) is 29.5 Å². The molecule has 0 bridgehead atoms. The first-order chi connectivity index (χ1) is 17.3. The number of carbonyl (C=O) groups excluding carboxylic acids is 1. The van der Waals surface area contributed by atoms with Gasteiger partial charge in [-0.2, -0.15) is 0 Å². The van der Waals surface area contributed by atoms with Crippen LogP contribution in [-0.2, 0) is 0 Å². The molecule has 192 valence electrons. The molecule has 0 radical (unpaired) electrons. The number of hydrogen-bond donors (Lipinski definition) is 2. The monoisotopic (exact) mass is 490 g/mol. The molecule has 3 rings (SSSR count). The van der Waals surface area contributed by atoms with E-state index in [0.29, 0.717) is 23.9 Å². The number of aromatic nitrogens is 2. The molecule has 3 aromatic rings. The lowest BCUT2D eigenvalue weighted by Gasteiger charge is -2.31.